The van der Waals surface area contributed by atoms with E-state index in [0.717, 1.165) is 0 Å². The molecule has 0 amide bonds. The van der Waals surface area contributed by atoms with Gasteiger partial charge >= 0.3 is 0 Å². The molecule has 0 aliphatic rings. The highest BCUT2D eigenvalue weighted by atomic mass is 127. The molecule has 94 valence electrons. The lowest BCUT2D eigenvalue weighted by molar-refractivity contribution is 1.38. The smallest absolute Gasteiger partial charge is 0.0222 e. The Hall–Kier alpha value is 1.36. The van der Waals surface area contributed by atoms with E-state index in [0.29, 0.717) is 0 Å². The first-order chi connectivity index (χ1) is 8.40. The Morgan fingerprint density at radius 3 is 1.00 bits per heavy atom. The number of hydrogen-bond acceptors (Lipinski definition) is 0. The van der Waals surface area contributed by atoms with Crippen molar-refractivity contribution in [1.29, 1.82) is 0 Å². The van der Waals surface area contributed by atoms with Gasteiger partial charge in [-0.25, -0.2) is 0 Å². The molecular weight excluding hydrogens is 676 g/mol. The van der Waals surface area contributed by atoms with Gasteiger partial charge in [0.1, 0.15) is 0 Å². The molecule has 2 rings (SSSR count). The summed E-state index contributed by atoms with van der Waals surface area (Å²) in [5.41, 5.74) is 5.39. The largest absolute Gasteiger partial charge is 0.0490 e. The highest BCUT2D eigenvalue weighted by molar-refractivity contribution is 14.1. The van der Waals surface area contributed by atoms with Crippen molar-refractivity contribution >= 4 is 90.4 Å². The van der Waals surface area contributed by atoms with Gasteiger partial charge in [0, 0.05) is 25.4 Å². The van der Waals surface area contributed by atoms with Crippen LogP contribution in [0.2, 0.25) is 0 Å². The van der Waals surface area contributed by atoms with Crippen molar-refractivity contribution in [1.82, 2.24) is 0 Å². The van der Waals surface area contributed by atoms with Gasteiger partial charge in [-0.15, -0.1) is 0 Å². The number of rotatable bonds is 1. The van der Waals surface area contributed by atoms with Crippen LogP contribution in [0, 0.1) is 28.1 Å². The molecule has 18 heavy (non-hydrogen) atoms. The molecule has 0 aliphatic heterocycles. The van der Waals surface area contributed by atoms with E-state index >= 15 is 0 Å². The van der Waals surface area contributed by atoms with Gasteiger partial charge in [0.2, 0.25) is 0 Å². The predicted octanol–water partition coefficient (Wildman–Crippen LogP) is 6.39. The first-order valence-electron chi connectivity index (χ1n) is 5.32. The Kier molecular flexibility index (Phi) is 5.61. The average molecular weight is 686 g/mol. The third-order valence-electron chi connectivity index (χ3n) is 2.62. The van der Waals surface area contributed by atoms with Crippen LogP contribution in [-0.4, -0.2) is 0 Å². The lowest BCUT2D eigenvalue weighted by atomic mass is 10.0. The van der Waals surface area contributed by atoms with Gasteiger partial charge in [0.05, 0.1) is 0 Å². The monoisotopic (exact) mass is 686 g/mol. The van der Waals surface area contributed by atoms with Gasteiger partial charge in [-0.1, -0.05) is 0 Å². The molecule has 0 aromatic heterocycles. The van der Waals surface area contributed by atoms with Crippen LogP contribution in [0.25, 0.3) is 11.1 Å². The van der Waals surface area contributed by atoms with Gasteiger partial charge in [-0.3, -0.25) is 0 Å². The van der Waals surface area contributed by atoms with E-state index < -0.39 is 0 Å². The summed E-state index contributed by atoms with van der Waals surface area (Å²) in [5.74, 6) is 0. The standard InChI is InChI=1S/C14H10I4/c1-7-3-9(15)13(10(16)4-7)14-11(17)5-8(2)6-12(14)18/h3-6H,1-2H3. The summed E-state index contributed by atoms with van der Waals surface area (Å²) in [6.45, 7) is 4.30. The minimum absolute atomic E-state index is 1.32. The first kappa shape index (κ1) is 15.7. The van der Waals surface area contributed by atoms with Gasteiger partial charge in [0.15, 0.2) is 0 Å². The van der Waals surface area contributed by atoms with Crippen molar-refractivity contribution in [2.75, 3.05) is 0 Å². The molecular formula is C14H10I4. The summed E-state index contributed by atoms with van der Waals surface area (Å²) in [6.07, 6.45) is 0. The third kappa shape index (κ3) is 3.33. The van der Waals surface area contributed by atoms with Crippen LogP contribution >= 0.6 is 90.4 Å². The summed E-state index contributed by atoms with van der Waals surface area (Å²) in [7, 11) is 0. The SMILES string of the molecule is Cc1cc(I)c(-c2c(I)cc(C)cc2I)c(I)c1. The highest BCUT2D eigenvalue weighted by Gasteiger charge is 2.15. The van der Waals surface area contributed by atoms with E-state index in [1.165, 1.54) is 36.5 Å². The Bertz CT molecular complexity index is 516. The van der Waals surface area contributed by atoms with Crippen LogP contribution < -0.4 is 0 Å². The Balaban J connectivity index is 2.78. The first-order valence-corrected chi connectivity index (χ1v) is 9.63. The Labute approximate surface area is 162 Å². The number of benzene rings is 2. The molecule has 0 spiro atoms. The zero-order valence-corrected chi connectivity index (χ0v) is 18.5. The fourth-order valence-electron chi connectivity index (χ4n) is 1.88. The maximum atomic E-state index is 2.45. The number of hydrogen-bond donors (Lipinski definition) is 0. The summed E-state index contributed by atoms with van der Waals surface area (Å²) in [4.78, 5) is 0. The lowest BCUT2D eigenvalue weighted by Crippen LogP contribution is -1.96. The summed E-state index contributed by atoms with van der Waals surface area (Å²) < 4.78 is 5.32. The molecule has 0 saturated carbocycles. The highest BCUT2D eigenvalue weighted by Crippen LogP contribution is 2.37. The zero-order chi connectivity index (χ0) is 13.4. The number of halogens is 4. The van der Waals surface area contributed by atoms with E-state index in [1.807, 2.05) is 0 Å². The topological polar surface area (TPSA) is 0 Å². The van der Waals surface area contributed by atoms with E-state index in [4.69, 9.17) is 0 Å². The quantitative estimate of drug-likeness (QED) is 0.306. The van der Waals surface area contributed by atoms with Crippen LogP contribution in [0.15, 0.2) is 24.3 Å². The van der Waals surface area contributed by atoms with E-state index in [2.05, 4.69) is 128 Å². The summed E-state index contributed by atoms with van der Waals surface area (Å²) >= 11 is 9.78. The number of aryl methyl sites for hydroxylation is 2. The Morgan fingerprint density at radius 2 is 0.778 bits per heavy atom. The zero-order valence-electron chi connectivity index (χ0n) is 9.82. The van der Waals surface area contributed by atoms with Gasteiger partial charge in [-0.05, 0) is 140 Å². The van der Waals surface area contributed by atoms with Gasteiger partial charge in [0.25, 0.3) is 0 Å². The van der Waals surface area contributed by atoms with Crippen molar-refractivity contribution in [2.24, 2.45) is 0 Å². The fourth-order valence-corrected chi connectivity index (χ4v) is 7.12. The normalized spacial score (nSPS) is 10.8. The van der Waals surface area contributed by atoms with Crippen molar-refractivity contribution in [3.05, 3.63) is 49.7 Å². The maximum Gasteiger partial charge on any atom is 0.0222 e. The average Bonchev–Trinajstić information content (AvgIpc) is 2.20. The minimum atomic E-state index is 1.32. The molecule has 0 atom stereocenters. The molecule has 0 N–H and O–H groups in total. The molecule has 2 aromatic carbocycles. The summed E-state index contributed by atoms with van der Waals surface area (Å²) in [6, 6.07) is 9.02. The van der Waals surface area contributed by atoms with Crippen LogP contribution in [0.5, 0.6) is 0 Å². The minimum Gasteiger partial charge on any atom is -0.0490 e. The lowest BCUT2D eigenvalue weighted by Gasteiger charge is -2.14. The van der Waals surface area contributed by atoms with Gasteiger partial charge in [-0.2, -0.15) is 0 Å². The fraction of sp³-hybridized carbons (Fsp3) is 0.143. The second kappa shape index (κ2) is 6.42. The van der Waals surface area contributed by atoms with E-state index in [9.17, 15) is 0 Å². The van der Waals surface area contributed by atoms with Crippen molar-refractivity contribution in [3.8, 4) is 11.1 Å². The third-order valence-corrected chi connectivity index (χ3v) is 6.03. The van der Waals surface area contributed by atoms with E-state index in [-0.39, 0.29) is 0 Å². The molecule has 0 bridgehead atoms. The molecule has 0 saturated heterocycles. The van der Waals surface area contributed by atoms with Crippen molar-refractivity contribution < 1.29 is 0 Å². The van der Waals surface area contributed by atoms with Crippen LogP contribution in [0.4, 0.5) is 0 Å². The van der Waals surface area contributed by atoms with E-state index in [1.54, 1.807) is 0 Å². The van der Waals surface area contributed by atoms with Crippen LogP contribution in [-0.2, 0) is 0 Å². The molecule has 0 fully saturated rings. The summed E-state index contributed by atoms with van der Waals surface area (Å²) in [5, 5.41) is 0. The molecule has 0 radical (unpaired) electrons. The molecule has 0 heterocycles. The Morgan fingerprint density at radius 1 is 0.556 bits per heavy atom. The van der Waals surface area contributed by atoms with Crippen molar-refractivity contribution in [3.63, 3.8) is 0 Å². The van der Waals surface area contributed by atoms with Gasteiger partial charge < -0.3 is 0 Å². The maximum absolute atomic E-state index is 2.45. The molecule has 0 unspecified atom stereocenters. The predicted molar refractivity (Wildman–Crippen MR) is 112 cm³/mol. The second-order valence-corrected chi connectivity index (χ2v) is 8.86. The van der Waals surface area contributed by atoms with Crippen LogP contribution in [0.3, 0.4) is 0 Å². The second-order valence-electron chi connectivity index (χ2n) is 4.21. The molecule has 0 aliphatic carbocycles. The van der Waals surface area contributed by atoms with Crippen LogP contribution in [0.1, 0.15) is 11.1 Å². The molecule has 0 nitrogen and oxygen atoms in total. The molecule has 4 heteroatoms. The van der Waals surface area contributed by atoms with Crippen molar-refractivity contribution in [2.45, 2.75) is 13.8 Å². The molecule has 2 aromatic rings.